The number of hydrogen-bond acceptors (Lipinski definition) is 3. The van der Waals surface area contributed by atoms with Crippen molar-refractivity contribution in [1.29, 1.82) is 0 Å². The minimum absolute atomic E-state index is 0.0314. The fourth-order valence-electron chi connectivity index (χ4n) is 3.47. The molecule has 0 bridgehead atoms. The van der Waals surface area contributed by atoms with E-state index in [1.54, 1.807) is 22.7 Å². The second kappa shape index (κ2) is 6.50. The number of nitrogens with zero attached hydrogens (tertiary/aromatic N) is 3. The van der Waals surface area contributed by atoms with Crippen molar-refractivity contribution in [3.8, 4) is 17.0 Å². The molecule has 0 radical (unpaired) electrons. The summed E-state index contributed by atoms with van der Waals surface area (Å²) in [5.41, 5.74) is 2.49. The van der Waals surface area contributed by atoms with Crippen molar-refractivity contribution in [3.05, 3.63) is 53.6 Å². The van der Waals surface area contributed by atoms with E-state index < -0.39 is 24.4 Å². The van der Waals surface area contributed by atoms with E-state index in [-0.39, 0.29) is 24.3 Å². The van der Waals surface area contributed by atoms with E-state index in [0.717, 1.165) is 4.90 Å². The van der Waals surface area contributed by atoms with E-state index >= 15 is 0 Å². The number of ether oxygens (including phenoxy) is 1. The van der Waals surface area contributed by atoms with Crippen LogP contribution in [0.1, 0.15) is 15.9 Å². The number of imidazole rings is 1. The van der Waals surface area contributed by atoms with Gasteiger partial charge in [-0.2, -0.15) is 13.2 Å². The Morgan fingerprint density at radius 2 is 2.04 bits per heavy atom. The van der Waals surface area contributed by atoms with Crippen LogP contribution in [0.25, 0.3) is 16.9 Å². The van der Waals surface area contributed by atoms with Crippen LogP contribution in [0, 0.1) is 5.82 Å². The highest BCUT2D eigenvalue weighted by Crippen LogP contribution is 2.35. The summed E-state index contributed by atoms with van der Waals surface area (Å²) in [6.45, 7) is -1.33. The number of carbonyl (C=O) groups excluding carboxylic acids is 1. The molecular weight excluding hydrogens is 378 g/mol. The normalized spacial score (nSPS) is 14.5. The quantitative estimate of drug-likeness (QED) is 0.638. The Labute approximate surface area is 157 Å². The molecule has 3 heterocycles. The Morgan fingerprint density at radius 1 is 1.25 bits per heavy atom. The third kappa shape index (κ3) is 3.17. The maximum absolute atomic E-state index is 13.4. The molecule has 1 aliphatic rings. The highest BCUT2D eigenvalue weighted by molar-refractivity contribution is 6.00. The summed E-state index contributed by atoms with van der Waals surface area (Å²) in [5.74, 6) is -0.924. The Morgan fingerprint density at radius 3 is 2.75 bits per heavy atom. The standard InChI is InChI=1S/C19H15F4N3O2/c1-28-15-7-12(14-9-24-16-8-13(20)3-5-26(14)16)6-11-2-4-25(10-19(21,22)23)18(27)17(11)15/h3,5-9H,2,4,10H2,1H3. The molecule has 28 heavy (non-hydrogen) atoms. The topological polar surface area (TPSA) is 46.8 Å². The summed E-state index contributed by atoms with van der Waals surface area (Å²) >= 11 is 0. The van der Waals surface area contributed by atoms with Gasteiger partial charge in [-0.3, -0.25) is 9.20 Å². The van der Waals surface area contributed by atoms with Crippen molar-refractivity contribution in [2.75, 3.05) is 20.2 Å². The van der Waals surface area contributed by atoms with Gasteiger partial charge in [-0.25, -0.2) is 9.37 Å². The zero-order valence-electron chi connectivity index (χ0n) is 14.8. The van der Waals surface area contributed by atoms with Crippen molar-refractivity contribution in [2.24, 2.45) is 0 Å². The van der Waals surface area contributed by atoms with Gasteiger partial charge in [0.1, 0.15) is 23.8 Å². The van der Waals surface area contributed by atoms with Gasteiger partial charge in [-0.15, -0.1) is 0 Å². The summed E-state index contributed by atoms with van der Waals surface area (Å²) in [6, 6.07) is 5.91. The molecule has 0 N–H and O–H groups in total. The van der Waals surface area contributed by atoms with Crippen LogP contribution in [0.3, 0.4) is 0 Å². The lowest BCUT2D eigenvalue weighted by atomic mass is 9.94. The molecule has 0 saturated carbocycles. The second-order valence-corrected chi connectivity index (χ2v) is 6.52. The molecule has 0 atom stereocenters. The van der Waals surface area contributed by atoms with Gasteiger partial charge in [0.25, 0.3) is 5.91 Å². The molecule has 5 nitrogen and oxygen atoms in total. The lowest BCUT2D eigenvalue weighted by Gasteiger charge is -2.30. The van der Waals surface area contributed by atoms with Gasteiger partial charge in [0, 0.05) is 24.4 Å². The first-order chi connectivity index (χ1) is 13.3. The molecule has 2 aromatic heterocycles. The van der Waals surface area contributed by atoms with E-state index in [1.807, 2.05) is 0 Å². The molecule has 9 heteroatoms. The number of carbonyl (C=O) groups is 1. The van der Waals surface area contributed by atoms with Crippen LogP contribution in [0.4, 0.5) is 17.6 Å². The number of pyridine rings is 1. The summed E-state index contributed by atoms with van der Waals surface area (Å²) in [5, 5.41) is 0. The molecule has 0 fully saturated rings. The smallest absolute Gasteiger partial charge is 0.406 e. The highest BCUT2D eigenvalue weighted by Gasteiger charge is 2.37. The van der Waals surface area contributed by atoms with E-state index in [1.165, 1.54) is 25.4 Å². The molecule has 0 aliphatic carbocycles. The molecule has 1 amide bonds. The van der Waals surface area contributed by atoms with Gasteiger partial charge in [-0.05, 0) is 30.2 Å². The van der Waals surface area contributed by atoms with Gasteiger partial charge in [0.2, 0.25) is 0 Å². The summed E-state index contributed by atoms with van der Waals surface area (Å²) in [7, 11) is 1.36. The molecule has 3 aromatic rings. The molecule has 4 rings (SSSR count). The van der Waals surface area contributed by atoms with E-state index in [2.05, 4.69) is 4.98 Å². The molecule has 1 aliphatic heterocycles. The highest BCUT2D eigenvalue weighted by atomic mass is 19.4. The molecular formula is C19H15F4N3O2. The third-order valence-electron chi connectivity index (χ3n) is 4.70. The summed E-state index contributed by atoms with van der Waals surface area (Å²) in [4.78, 5) is 17.6. The predicted octanol–water partition coefficient (Wildman–Crippen LogP) is 3.71. The number of methoxy groups -OCH3 is 1. The van der Waals surface area contributed by atoms with Crippen molar-refractivity contribution in [1.82, 2.24) is 14.3 Å². The Kier molecular flexibility index (Phi) is 4.24. The zero-order valence-corrected chi connectivity index (χ0v) is 14.8. The third-order valence-corrected chi connectivity index (χ3v) is 4.70. The lowest BCUT2D eigenvalue weighted by molar-refractivity contribution is -0.141. The van der Waals surface area contributed by atoms with E-state index in [4.69, 9.17) is 4.74 Å². The minimum atomic E-state index is -4.47. The van der Waals surface area contributed by atoms with E-state index in [0.29, 0.717) is 22.5 Å². The van der Waals surface area contributed by atoms with Gasteiger partial charge in [-0.1, -0.05) is 0 Å². The number of aromatic nitrogens is 2. The largest absolute Gasteiger partial charge is 0.496 e. The Bertz CT molecular complexity index is 1060. The number of rotatable bonds is 3. The van der Waals surface area contributed by atoms with Crippen LogP contribution in [0.15, 0.2) is 36.7 Å². The second-order valence-electron chi connectivity index (χ2n) is 6.52. The number of amides is 1. The average molecular weight is 393 g/mol. The van der Waals surface area contributed by atoms with Crippen LogP contribution in [-0.4, -0.2) is 46.6 Å². The van der Waals surface area contributed by atoms with Crippen molar-refractivity contribution < 1.29 is 27.1 Å². The Balaban J connectivity index is 1.79. The number of alkyl halides is 3. The fraction of sp³-hybridized carbons (Fsp3) is 0.263. The van der Waals surface area contributed by atoms with Crippen molar-refractivity contribution in [2.45, 2.75) is 12.6 Å². The van der Waals surface area contributed by atoms with Crippen LogP contribution in [0.5, 0.6) is 5.75 Å². The maximum Gasteiger partial charge on any atom is 0.406 e. The van der Waals surface area contributed by atoms with Crippen LogP contribution < -0.4 is 4.74 Å². The summed E-state index contributed by atoms with van der Waals surface area (Å²) < 4.78 is 58.6. The number of halogens is 4. The first kappa shape index (κ1) is 18.3. The van der Waals surface area contributed by atoms with Crippen LogP contribution in [0.2, 0.25) is 0 Å². The van der Waals surface area contributed by atoms with E-state index in [9.17, 15) is 22.4 Å². The lowest BCUT2D eigenvalue weighted by Crippen LogP contribution is -2.43. The van der Waals surface area contributed by atoms with Gasteiger partial charge in [0.15, 0.2) is 0 Å². The SMILES string of the molecule is COc1cc(-c2cnc3cc(F)ccn23)cc2c1C(=O)N(CC(F)(F)F)CC2. The predicted molar refractivity (Wildman–Crippen MR) is 92.8 cm³/mol. The molecule has 0 spiro atoms. The maximum atomic E-state index is 13.4. The molecule has 1 aromatic carbocycles. The Hall–Kier alpha value is -3.10. The van der Waals surface area contributed by atoms with Crippen molar-refractivity contribution >= 4 is 11.6 Å². The molecule has 146 valence electrons. The molecule has 0 saturated heterocycles. The van der Waals surface area contributed by atoms with Crippen molar-refractivity contribution in [3.63, 3.8) is 0 Å². The van der Waals surface area contributed by atoms with Crippen LogP contribution >= 0.6 is 0 Å². The first-order valence-electron chi connectivity index (χ1n) is 8.47. The summed E-state index contributed by atoms with van der Waals surface area (Å²) in [6.07, 6.45) is -1.09. The van der Waals surface area contributed by atoms with Crippen LogP contribution in [-0.2, 0) is 6.42 Å². The zero-order chi connectivity index (χ0) is 20.1. The fourth-order valence-corrected chi connectivity index (χ4v) is 3.47. The van der Waals surface area contributed by atoms with Gasteiger partial charge < -0.3 is 9.64 Å². The molecule has 0 unspecified atom stereocenters. The van der Waals surface area contributed by atoms with Gasteiger partial charge >= 0.3 is 6.18 Å². The number of hydrogen-bond donors (Lipinski definition) is 0. The first-order valence-corrected chi connectivity index (χ1v) is 8.47. The number of fused-ring (bicyclic) bond motifs is 2. The minimum Gasteiger partial charge on any atom is -0.496 e. The van der Waals surface area contributed by atoms with Gasteiger partial charge in [0.05, 0.1) is 24.6 Å². The number of benzene rings is 1. The monoisotopic (exact) mass is 393 g/mol. The average Bonchev–Trinajstić information content (AvgIpc) is 3.05.